The van der Waals surface area contributed by atoms with Crippen LogP contribution in [0.3, 0.4) is 0 Å². The van der Waals surface area contributed by atoms with Crippen molar-refractivity contribution < 1.29 is 9.84 Å². The molecule has 2 unspecified atom stereocenters. The van der Waals surface area contributed by atoms with Crippen LogP contribution in [-0.2, 0) is 10.5 Å². The van der Waals surface area contributed by atoms with Gasteiger partial charge in [-0.25, -0.2) is 0 Å². The van der Waals surface area contributed by atoms with Crippen molar-refractivity contribution in [1.82, 2.24) is 0 Å². The first-order valence-electron chi connectivity index (χ1n) is 6.18. The highest BCUT2D eigenvalue weighted by Crippen LogP contribution is 2.42. The Balaban J connectivity index is 2.34. The summed E-state index contributed by atoms with van der Waals surface area (Å²) in [6.45, 7) is 3.67. The summed E-state index contributed by atoms with van der Waals surface area (Å²) in [5, 5.41) is 10.5. The summed E-state index contributed by atoms with van der Waals surface area (Å²) < 4.78 is 5.81. The average Bonchev–Trinajstić information content (AvgIpc) is 2.45. The highest BCUT2D eigenvalue weighted by molar-refractivity contribution is 5.72. The van der Waals surface area contributed by atoms with E-state index in [0.717, 1.165) is 22.3 Å². The molecular weight excluding hydrogens is 224 g/mol. The van der Waals surface area contributed by atoms with Crippen LogP contribution in [0.2, 0.25) is 0 Å². The zero-order chi connectivity index (χ0) is 12.8. The van der Waals surface area contributed by atoms with E-state index in [4.69, 9.17) is 4.74 Å². The van der Waals surface area contributed by atoms with Gasteiger partial charge in [0.15, 0.2) is 5.79 Å². The first kappa shape index (κ1) is 11.5. The Morgan fingerprint density at radius 3 is 2.39 bits per heavy atom. The highest BCUT2D eigenvalue weighted by atomic mass is 16.6. The van der Waals surface area contributed by atoms with Gasteiger partial charge in [-0.05, 0) is 30.5 Å². The zero-order valence-electron chi connectivity index (χ0n) is 10.6. The number of benzene rings is 2. The van der Waals surface area contributed by atoms with E-state index < -0.39 is 5.79 Å². The number of fused-ring (bicyclic) bond motifs is 3. The number of hydrogen-bond acceptors (Lipinski definition) is 2. The Morgan fingerprint density at radius 2 is 1.61 bits per heavy atom. The number of rotatable bonds is 0. The van der Waals surface area contributed by atoms with Gasteiger partial charge < -0.3 is 9.84 Å². The summed E-state index contributed by atoms with van der Waals surface area (Å²) in [7, 11) is 0. The summed E-state index contributed by atoms with van der Waals surface area (Å²) in [6.07, 6.45) is -0.136. The summed E-state index contributed by atoms with van der Waals surface area (Å²) in [5.74, 6) is -1.25. The smallest absolute Gasteiger partial charge is 0.190 e. The SMILES string of the molecule is CC1OC(C)(O)c2ccccc2-c2ccccc21. The lowest BCUT2D eigenvalue weighted by Gasteiger charge is -2.26. The van der Waals surface area contributed by atoms with E-state index in [1.54, 1.807) is 6.92 Å². The lowest BCUT2D eigenvalue weighted by atomic mass is 9.92. The topological polar surface area (TPSA) is 29.5 Å². The minimum Gasteiger partial charge on any atom is -0.362 e. The standard InChI is InChI=1S/C16H16O2/c1-11-12-7-3-4-8-13(12)14-9-5-6-10-15(14)16(2,17)18-11/h3-11,17H,1-2H3. The highest BCUT2D eigenvalue weighted by Gasteiger charge is 2.33. The van der Waals surface area contributed by atoms with E-state index in [-0.39, 0.29) is 6.10 Å². The molecule has 1 aliphatic heterocycles. The van der Waals surface area contributed by atoms with E-state index in [2.05, 4.69) is 12.1 Å². The molecule has 0 aromatic heterocycles. The molecule has 18 heavy (non-hydrogen) atoms. The van der Waals surface area contributed by atoms with Crippen molar-refractivity contribution >= 4 is 0 Å². The number of ether oxygens (including phenoxy) is 1. The van der Waals surface area contributed by atoms with Crippen LogP contribution >= 0.6 is 0 Å². The third kappa shape index (κ3) is 1.65. The molecule has 2 atom stereocenters. The van der Waals surface area contributed by atoms with Gasteiger partial charge in [0.2, 0.25) is 0 Å². The third-order valence-corrected chi connectivity index (χ3v) is 3.52. The number of aliphatic hydroxyl groups is 1. The van der Waals surface area contributed by atoms with Crippen LogP contribution in [0.5, 0.6) is 0 Å². The van der Waals surface area contributed by atoms with E-state index in [9.17, 15) is 5.11 Å². The fourth-order valence-corrected chi connectivity index (χ4v) is 2.69. The molecule has 0 aliphatic carbocycles. The summed E-state index contributed by atoms with van der Waals surface area (Å²) in [6, 6.07) is 16.0. The molecule has 0 amide bonds. The lowest BCUT2D eigenvalue weighted by Crippen LogP contribution is -2.25. The van der Waals surface area contributed by atoms with Crippen LogP contribution < -0.4 is 0 Å². The first-order chi connectivity index (χ1) is 8.59. The molecule has 3 rings (SSSR count). The second-order valence-electron chi connectivity index (χ2n) is 4.88. The van der Waals surface area contributed by atoms with E-state index in [1.165, 1.54) is 0 Å². The van der Waals surface area contributed by atoms with E-state index in [0.29, 0.717) is 0 Å². The van der Waals surface area contributed by atoms with Gasteiger partial charge >= 0.3 is 0 Å². The maximum atomic E-state index is 10.5. The summed E-state index contributed by atoms with van der Waals surface area (Å²) in [5.41, 5.74) is 4.12. The van der Waals surface area contributed by atoms with Gasteiger partial charge in [0.1, 0.15) is 0 Å². The molecular formula is C16H16O2. The van der Waals surface area contributed by atoms with Crippen LogP contribution in [0.1, 0.15) is 31.1 Å². The van der Waals surface area contributed by atoms with Crippen molar-refractivity contribution in [2.24, 2.45) is 0 Å². The quantitative estimate of drug-likeness (QED) is 0.762. The maximum Gasteiger partial charge on any atom is 0.190 e. The van der Waals surface area contributed by atoms with Crippen LogP contribution in [0, 0.1) is 0 Å². The molecule has 2 aromatic carbocycles. The molecule has 1 N–H and O–H groups in total. The first-order valence-corrected chi connectivity index (χ1v) is 6.18. The van der Waals surface area contributed by atoms with Crippen LogP contribution in [0.15, 0.2) is 48.5 Å². The zero-order valence-corrected chi connectivity index (χ0v) is 10.6. The van der Waals surface area contributed by atoms with Crippen LogP contribution in [-0.4, -0.2) is 5.11 Å². The maximum absolute atomic E-state index is 10.5. The van der Waals surface area contributed by atoms with Crippen molar-refractivity contribution in [2.75, 3.05) is 0 Å². The molecule has 0 saturated carbocycles. The van der Waals surface area contributed by atoms with Crippen molar-refractivity contribution in [3.63, 3.8) is 0 Å². The van der Waals surface area contributed by atoms with E-state index in [1.807, 2.05) is 43.3 Å². The predicted octanol–water partition coefficient (Wildman–Crippen LogP) is 3.61. The van der Waals surface area contributed by atoms with Crippen LogP contribution in [0.4, 0.5) is 0 Å². The van der Waals surface area contributed by atoms with Gasteiger partial charge in [0.05, 0.1) is 6.10 Å². The largest absolute Gasteiger partial charge is 0.362 e. The summed E-state index contributed by atoms with van der Waals surface area (Å²) in [4.78, 5) is 0. The number of hydrogen-bond donors (Lipinski definition) is 1. The fraction of sp³-hybridized carbons (Fsp3) is 0.250. The Hall–Kier alpha value is -1.64. The molecule has 1 heterocycles. The molecule has 0 spiro atoms. The Bertz CT molecular complexity index is 587. The third-order valence-electron chi connectivity index (χ3n) is 3.52. The minimum absolute atomic E-state index is 0.136. The lowest BCUT2D eigenvalue weighted by molar-refractivity contribution is -0.223. The molecule has 0 radical (unpaired) electrons. The van der Waals surface area contributed by atoms with Crippen molar-refractivity contribution in [3.8, 4) is 11.1 Å². The molecule has 0 fully saturated rings. The van der Waals surface area contributed by atoms with Crippen LogP contribution in [0.25, 0.3) is 11.1 Å². The van der Waals surface area contributed by atoms with Crippen molar-refractivity contribution in [2.45, 2.75) is 25.7 Å². The Labute approximate surface area is 107 Å². The average molecular weight is 240 g/mol. The molecule has 92 valence electrons. The second-order valence-corrected chi connectivity index (χ2v) is 4.88. The Morgan fingerprint density at radius 1 is 1.00 bits per heavy atom. The van der Waals surface area contributed by atoms with Gasteiger partial charge in [-0.3, -0.25) is 0 Å². The molecule has 2 heteroatoms. The van der Waals surface area contributed by atoms with Gasteiger partial charge in [0, 0.05) is 5.56 Å². The van der Waals surface area contributed by atoms with Gasteiger partial charge in [-0.2, -0.15) is 0 Å². The molecule has 2 nitrogen and oxygen atoms in total. The summed E-state index contributed by atoms with van der Waals surface area (Å²) >= 11 is 0. The van der Waals surface area contributed by atoms with Crippen molar-refractivity contribution in [1.29, 1.82) is 0 Å². The van der Waals surface area contributed by atoms with Gasteiger partial charge in [-0.1, -0.05) is 48.5 Å². The minimum atomic E-state index is -1.25. The Kier molecular flexibility index (Phi) is 2.51. The molecule has 1 aliphatic rings. The molecule has 2 aromatic rings. The predicted molar refractivity (Wildman–Crippen MR) is 70.9 cm³/mol. The monoisotopic (exact) mass is 240 g/mol. The van der Waals surface area contributed by atoms with Gasteiger partial charge in [0.25, 0.3) is 0 Å². The molecule has 0 bridgehead atoms. The van der Waals surface area contributed by atoms with Crippen molar-refractivity contribution in [3.05, 3.63) is 59.7 Å². The van der Waals surface area contributed by atoms with E-state index >= 15 is 0 Å². The second kappa shape index (κ2) is 3.94. The fourth-order valence-electron chi connectivity index (χ4n) is 2.69. The molecule has 0 saturated heterocycles. The normalized spacial score (nSPS) is 26.1. The van der Waals surface area contributed by atoms with Gasteiger partial charge in [-0.15, -0.1) is 0 Å².